The summed E-state index contributed by atoms with van der Waals surface area (Å²) in [5.74, 6) is 0.00333. The topological polar surface area (TPSA) is 20.3 Å². The molecule has 0 aliphatic carbocycles. The van der Waals surface area contributed by atoms with E-state index in [1.54, 1.807) is 12.1 Å². The first kappa shape index (κ1) is 17.8. The summed E-state index contributed by atoms with van der Waals surface area (Å²) in [5.41, 5.74) is 2.31. The van der Waals surface area contributed by atoms with Crippen LogP contribution in [0, 0.1) is 11.2 Å². The molecule has 1 heterocycles. The maximum Gasteiger partial charge on any atom is 0.137 e. The normalized spacial score (nSPS) is 20.7. The molecule has 3 rings (SSSR count). The van der Waals surface area contributed by atoms with Crippen LogP contribution in [0.3, 0.4) is 0 Å². The molecule has 132 valence electrons. The van der Waals surface area contributed by atoms with Crippen molar-refractivity contribution in [2.45, 2.75) is 39.2 Å². The maximum absolute atomic E-state index is 13.0. The molecule has 1 aliphatic heterocycles. The molecule has 1 fully saturated rings. The molecule has 25 heavy (non-hydrogen) atoms. The van der Waals surface area contributed by atoms with Crippen molar-refractivity contribution in [1.29, 1.82) is 0 Å². The predicted molar refractivity (Wildman–Crippen MR) is 98.8 cm³/mol. The van der Waals surface area contributed by atoms with Crippen LogP contribution in [0.25, 0.3) is 0 Å². The van der Waals surface area contributed by atoms with Gasteiger partial charge in [-0.3, -0.25) is 9.69 Å². The summed E-state index contributed by atoms with van der Waals surface area (Å²) in [7, 11) is 0. The van der Waals surface area contributed by atoms with Crippen LogP contribution in [0.4, 0.5) is 4.39 Å². The monoisotopic (exact) mass is 339 g/mol. The number of likely N-dealkylation sites (tertiary alicyclic amines) is 1. The second-order valence-corrected chi connectivity index (χ2v) is 7.32. The maximum atomic E-state index is 13.0. The Hall–Kier alpha value is -2.00. The van der Waals surface area contributed by atoms with Gasteiger partial charge in [-0.25, -0.2) is 4.39 Å². The zero-order valence-corrected chi connectivity index (χ0v) is 14.9. The Morgan fingerprint density at radius 3 is 2.48 bits per heavy atom. The highest BCUT2D eigenvalue weighted by atomic mass is 19.1. The van der Waals surface area contributed by atoms with Crippen LogP contribution < -0.4 is 0 Å². The number of rotatable bonds is 7. The van der Waals surface area contributed by atoms with E-state index in [9.17, 15) is 9.18 Å². The Bertz CT molecular complexity index is 698. The number of halogens is 1. The van der Waals surface area contributed by atoms with Crippen molar-refractivity contribution in [2.75, 3.05) is 13.1 Å². The first-order chi connectivity index (χ1) is 12.1. The van der Waals surface area contributed by atoms with E-state index in [1.807, 2.05) is 6.07 Å². The molecule has 3 heteroatoms. The quantitative estimate of drug-likeness (QED) is 0.733. The molecule has 0 radical (unpaired) electrons. The minimum Gasteiger partial charge on any atom is -0.299 e. The lowest BCUT2D eigenvalue weighted by Gasteiger charge is -2.27. The third kappa shape index (κ3) is 4.76. The van der Waals surface area contributed by atoms with E-state index in [2.05, 4.69) is 36.1 Å². The lowest BCUT2D eigenvalue weighted by Crippen LogP contribution is -2.29. The van der Waals surface area contributed by atoms with Gasteiger partial charge in [0.25, 0.3) is 0 Å². The fourth-order valence-corrected chi connectivity index (χ4v) is 3.87. The average molecular weight is 339 g/mol. The van der Waals surface area contributed by atoms with Crippen molar-refractivity contribution in [2.24, 2.45) is 5.41 Å². The van der Waals surface area contributed by atoms with Crippen molar-refractivity contribution < 1.29 is 9.18 Å². The second-order valence-electron chi connectivity index (χ2n) is 7.32. The highest BCUT2D eigenvalue weighted by Gasteiger charge is 2.37. The number of nitrogens with zero attached hydrogens (tertiary/aromatic N) is 1. The zero-order chi connectivity index (χ0) is 17.7. The summed E-state index contributed by atoms with van der Waals surface area (Å²) in [5, 5.41) is 0. The standard InChI is InChI=1S/C22H26FNO/c1-2-22(15-21(25)14-18-8-10-20(23)11-9-18)12-13-24(17-22)16-19-6-4-3-5-7-19/h3-11H,2,12-17H2,1H3. The van der Waals surface area contributed by atoms with Gasteiger partial charge in [0.15, 0.2) is 0 Å². The van der Waals surface area contributed by atoms with Crippen LogP contribution in [-0.4, -0.2) is 23.8 Å². The SMILES string of the molecule is CCC1(CC(=O)Cc2ccc(F)cc2)CCN(Cc2ccccc2)C1. The summed E-state index contributed by atoms with van der Waals surface area (Å²) in [6.07, 6.45) is 3.12. The van der Waals surface area contributed by atoms with Crippen LogP contribution in [-0.2, 0) is 17.8 Å². The molecule has 0 spiro atoms. The Morgan fingerprint density at radius 2 is 1.80 bits per heavy atom. The van der Waals surface area contributed by atoms with Gasteiger partial charge in [-0.2, -0.15) is 0 Å². The number of hydrogen-bond acceptors (Lipinski definition) is 2. The minimum atomic E-state index is -0.256. The molecule has 0 bridgehead atoms. The smallest absolute Gasteiger partial charge is 0.137 e. The van der Waals surface area contributed by atoms with Crippen molar-refractivity contribution in [3.63, 3.8) is 0 Å². The van der Waals surface area contributed by atoms with Crippen molar-refractivity contribution >= 4 is 5.78 Å². The van der Waals surface area contributed by atoms with Crippen molar-refractivity contribution in [1.82, 2.24) is 4.90 Å². The Kier molecular flexibility index (Phi) is 5.64. The van der Waals surface area contributed by atoms with Gasteiger partial charge in [-0.15, -0.1) is 0 Å². The first-order valence-corrected chi connectivity index (χ1v) is 9.11. The molecule has 0 aromatic heterocycles. The number of hydrogen-bond donors (Lipinski definition) is 0. The van der Waals surface area contributed by atoms with Crippen LogP contribution in [0.2, 0.25) is 0 Å². The third-order valence-corrected chi connectivity index (χ3v) is 5.40. The second kappa shape index (κ2) is 7.92. The fourth-order valence-electron chi connectivity index (χ4n) is 3.87. The van der Waals surface area contributed by atoms with Gasteiger partial charge in [0, 0.05) is 25.9 Å². The molecule has 0 N–H and O–H groups in total. The van der Waals surface area contributed by atoms with E-state index >= 15 is 0 Å². The van der Waals surface area contributed by atoms with Crippen molar-refractivity contribution in [3.05, 3.63) is 71.5 Å². The Labute approximate surface area is 149 Å². The number of Topliss-reactive ketones (excluding diaryl/α,β-unsaturated/α-hetero) is 1. The average Bonchev–Trinajstić information content (AvgIpc) is 3.01. The summed E-state index contributed by atoms with van der Waals surface area (Å²) in [6.45, 7) is 5.17. The Balaban J connectivity index is 1.58. The van der Waals surface area contributed by atoms with E-state index < -0.39 is 0 Å². The van der Waals surface area contributed by atoms with Gasteiger partial charge in [0.05, 0.1) is 0 Å². The molecule has 0 saturated carbocycles. The van der Waals surface area contributed by atoms with Gasteiger partial charge in [0.2, 0.25) is 0 Å². The lowest BCUT2D eigenvalue weighted by molar-refractivity contribution is -0.120. The van der Waals surface area contributed by atoms with Crippen LogP contribution in [0.5, 0.6) is 0 Å². The highest BCUT2D eigenvalue weighted by molar-refractivity contribution is 5.81. The van der Waals surface area contributed by atoms with Gasteiger partial charge in [-0.1, -0.05) is 49.4 Å². The van der Waals surface area contributed by atoms with Crippen LogP contribution in [0.1, 0.15) is 37.3 Å². The Morgan fingerprint density at radius 1 is 1.08 bits per heavy atom. The van der Waals surface area contributed by atoms with Gasteiger partial charge in [0.1, 0.15) is 11.6 Å². The summed E-state index contributed by atoms with van der Waals surface area (Å²) in [4.78, 5) is 15.0. The fraction of sp³-hybridized carbons (Fsp3) is 0.409. The number of carbonyl (C=O) groups excluding carboxylic acids is 1. The summed E-state index contributed by atoms with van der Waals surface area (Å²) in [6, 6.07) is 16.8. The molecular formula is C22H26FNO. The minimum absolute atomic E-state index is 0.0892. The van der Waals surface area contributed by atoms with Gasteiger partial charge in [-0.05, 0) is 48.1 Å². The molecule has 1 unspecified atom stereocenters. The third-order valence-electron chi connectivity index (χ3n) is 5.40. The van der Waals surface area contributed by atoms with Gasteiger partial charge >= 0.3 is 0 Å². The van der Waals surface area contributed by atoms with E-state index in [1.165, 1.54) is 17.7 Å². The van der Waals surface area contributed by atoms with Crippen molar-refractivity contribution in [3.8, 4) is 0 Å². The first-order valence-electron chi connectivity index (χ1n) is 9.11. The molecule has 2 aromatic rings. The highest BCUT2D eigenvalue weighted by Crippen LogP contribution is 2.38. The number of ketones is 1. The van der Waals surface area contributed by atoms with E-state index in [0.717, 1.165) is 38.0 Å². The molecule has 2 aromatic carbocycles. The molecule has 0 amide bonds. The predicted octanol–water partition coefficient (Wildman–Crippen LogP) is 4.63. The van der Waals surface area contributed by atoms with E-state index in [4.69, 9.17) is 0 Å². The van der Waals surface area contributed by atoms with Gasteiger partial charge < -0.3 is 0 Å². The van der Waals surface area contributed by atoms with Crippen LogP contribution in [0.15, 0.2) is 54.6 Å². The summed E-state index contributed by atoms with van der Waals surface area (Å²) >= 11 is 0. The molecule has 1 atom stereocenters. The molecule has 1 saturated heterocycles. The summed E-state index contributed by atoms with van der Waals surface area (Å²) < 4.78 is 13.0. The zero-order valence-electron chi connectivity index (χ0n) is 14.9. The van der Waals surface area contributed by atoms with E-state index in [0.29, 0.717) is 12.8 Å². The number of benzene rings is 2. The van der Waals surface area contributed by atoms with E-state index in [-0.39, 0.29) is 17.0 Å². The lowest BCUT2D eigenvalue weighted by atomic mass is 9.78. The van der Waals surface area contributed by atoms with Crippen LogP contribution >= 0.6 is 0 Å². The molecular weight excluding hydrogens is 313 g/mol. The molecule has 1 aliphatic rings. The largest absolute Gasteiger partial charge is 0.299 e. The number of carbonyl (C=O) groups is 1. The molecule has 2 nitrogen and oxygen atoms in total.